The Kier molecular flexibility index (Phi) is 3.57. The van der Waals surface area contributed by atoms with Crippen LogP contribution < -0.4 is 11.2 Å². The first kappa shape index (κ1) is 11.8. The molecule has 0 unspecified atom stereocenters. The third-order valence-electron chi connectivity index (χ3n) is 2.34. The first-order chi connectivity index (χ1) is 6.72. The van der Waals surface area contributed by atoms with Gasteiger partial charge in [0.1, 0.15) is 5.82 Å². The van der Waals surface area contributed by atoms with Crippen LogP contribution >= 0.6 is 12.4 Å². The standard InChI is InChI=1S/C9H15N5.ClH/c1-3-4-8-12-6(2)7-5-11-9(10)13-14(7)8;/h3-5H2,1-2H3,(H3,10,11,13);1H. The number of hydrogen-bond donors (Lipinski definition) is 2. The lowest BCUT2D eigenvalue weighted by molar-refractivity contribution is 0.736. The topological polar surface area (TPSA) is 68.2 Å². The van der Waals surface area contributed by atoms with E-state index in [1.807, 2.05) is 11.6 Å². The third kappa shape index (κ3) is 2.07. The minimum atomic E-state index is 0. The van der Waals surface area contributed by atoms with Gasteiger partial charge in [-0.25, -0.2) is 14.7 Å². The maximum Gasteiger partial charge on any atom is 0.208 e. The average Bonchev–Trinajstić information content (AvgIpc) is 2.44. The number of halogens is 1. The van der Waals surface area contributed by atoms with Crippen LogP contribution in [0.1, 0.15) is 30.6 Å². The van der Waals surface area contributed by atoms with Crippen molar-refractivity contribution in [2.45, 2.75) is 33.2 Å². The van der Waals surface area contributed by atoms with Crippen molar-refractivity contribution < 1.29 is 0 Å². The lowest BCUT2D eigenvalue weighted by atomic mass is 10.3. The predicted octanol–water partition coefficient (Wildman–Crippen LogP) is 0.938. The van der Waals surface area contributed by atoms with Crippen molar-refractivity contribution in [2.24, 2.45) is 10.7 Å². The molecule has 6 heteroatoms. The lowest BCUT2D eigenvalue weighted by Crippen LogP contribution is -2.35. The van der Waals surface area contributed by atoms with Crippen LogP contribution in [-0.4, -0.2) is 15.6 Å². The van der Waals surface area contributed by atoms with Gasteiger partial charge in [0.2, 0.25) is 5.96 Å². The molecule has 1 aromatic heterocycles. The van der Waals surface area contributed by atoms with Crippen LogP contribution in [0, 0.1) is 6.92 Å². The van der Waals surface area contributed by atoms with Crippen molar-refractivity contribution in [3.63, 3.8) is 0 Å². The Morgan fingerprint density at radius 1 is 1.53 bits per heavy atom. The summed E-state index contributed by atoms with van der Waals surface area (Å²) in [4.78, 5) is 8.62. The number of imidazole rings is 1. The van der Waals surface area contributed by atoms with Gasteiger partial charge in [-0.15, -0.1) is 12.4 Å². The minimum Gasteiger partial charge on any atom is -0.369 e. The van der Waals surface area contributed by atoms with E-state index in [1.165, 1.54) is 0 Å². The molecule has 0 amide bonds. The van der Waals surface area contributed by atoms with Gasteiger partial charge in [0.05, 0.1) is 17.9 Å². The number of nitrogens with zero attached hydrogens (tertiary/aromatic N) is 3. The molecule has 2 rings (SSSR count). The maximum atomic E-state index is 5.61. The second-order valence-electron chi connectivity index (χ2n) is 3.46. The van der Waals surface area contributed by atoms with Crippen molar-refractivity contribution in [2.75, 3.05) is 5.43 Å². The molecule has 84 valence electrons. The van der Waals surface area contributed by atoms with Crippen molar-refractivity contribution in [3.8, 4) is 0 Å². The molecule has 3 N–H and O–H groups in total. The summed E-state index contributed by atoms with van der Waals surface area (Å²) in [5.41, 5.74) is 10.8. The van der Waals surface area contributed by atoms with Crippen LogP contribution in [0.5, 0.6) is 0 Å². The molecule has 0 aliphatic carbocycles. The lowest BCUT2D eigenvalue weighted by Gasteiger charge is -2.17. The second-order valence-corrected chi connectivity index (χ2v) is 3.46. The number of nitrogens with one attached hydrogen (secondary N) is 1. The van der Waals surface area contributed by atoms with E-state index in [0.29, 0.717) is 12.5 Å². The van der Waals surface area contributed by atoms with Gasteiger partial charge in [-0.1, -0.05) is 6.92 Å². The van der Waals surface area contributed by atoms with Crippen molar-refractivity contribution in [3.05, 3.63) is 17.2 Å². The van der Waals surface area contributed by atoms with Gasteiger partial charge in [-0.05, 0) is 13.3 Å². The van der Waals surface area contributed by atoms with E-state index in [9.17, 15) is 0 Å². The van der Waals surface area contributed by atoms with Crippen LogP contribution in [0.15, 0.2) is 4.99 Å². The number of aryl methyl sites for hydroxylation is 2. The van der Waals surface area contributed by atoms with Crippen LogP contribution in [0.3, 0.4) is 0 Å². The molecule has 1 aliphatic heterocycles. The highest BCUT2D eigenvalue weighted by Gasteiger charge is 2.17. The van der Waals surface area contributed by atoms with E-state index >= 15 is 0 Å². The van der Waals surface area contributed by atoms with Gasteiger partial charge in [0.25, 0.3) is 0 Å². The Bertz CT molecular complexity index is 382. The van der Waals surface area contributed by atoms with Crippen molar-refractivity contribution in [1.29, 1.82) is 0 Å². The van der Waals surface area contributed by atoms with Gasteiger partial charge in [0, 0.05) is 6.42 Å². The minimum absolute atomic E-state index is 0. The second kappa shape index (κ2) is 4.53. The summed E-state index contributed by atoms with van der Waals surface area (Å²) >= 11 is 0. The fraction of sp³-hybridized carbons (Fsp3) is 0.556. The van der Waals surface area contributed by atoms with Crippen molar-refractivity contribution in [1.82, 2.24) is 9.66 Å². The molecule has 5 nitrogen and oxygen atoms in total. The molecule has 0 saturated carbocycles. The molecule has 15 heavy (non-hydrogen) atoms. The van der Waals surface area contributed by atoms with E-state index in [1.54, 1.807) is 0 Å². The zero-order valence-corrected chi connectivity index (χ0v) is 9.77. The number of rotatable bonds is 2. The van der Waals surface area contributed by atoms with Crippen LogP contribution in [0.2, 0.25) is 0 Å². The molecule has 0 bridgehead atoms. The summed E-state index contributed by atoms with van der Waals surface area (Å²) in [5, 5.41) is 0. The largest absolute Gasteiger partial charge is 0.369 e. The Morgan fingerprint density at radius 2 is 2.27 bits per heavy atom. The van der Waals surface area contributed by atoms with Crippen LogP contribution in [-0.2, 0) is 13.0 Å². The van der Waals surface area contributed by atoms with E-state index in [-0.39, 0.29) is 12.4 Å². The molecular formula is C9H16ClN5. The predicted molar refractivity (Wildman–Crippen MR) is 62.9 cm³/mol. The van der Waals surface area contributed by atoms with Crippen LogP contribution in [0.4, 0.5) is 0 Å². The third-order valence-corrected chi connectivity index (χ3v) is 2.34. The summed E-state index contributed by atoms with van der Waals surface area (Å²) < 4.78 is 1.96. The zero-order chi connectivity index (χ0) is 10.1. The smallest absolute Gasteiger partial charge is 0.208 e. The number of aliphatic imine (C=N–C) groups is 1. The fourth-order valence-electron chi connectivity index (χ4n) is 1.64. The van der Waals surface area contributed by atoms with Gasteiger partial charge in [-0.2, -0.15) is 0 Å². The Labute approximate surface area is 95.2 Å². The summed E-state index contributed by atoms with van der Waals surface area (Å²) in [5.74, 6) is 1.50. The molecule has 1 aromatic rings. The highest BCUT2D eigenvalue weighted by atomic mass is 35.5. The van der Waals surface area contributed by atoms with Gasteiger partial charge in [0.15, 0.2) is 0 Å². The zero-order valence-electron chi connectivity index (χ0n) is 8.95. The van der Waals surface area contributed by atoms with Crippen LogP contribution in [0.25, 0.3) is 0 Å². The fourth-order valence-corrected chi connectivity index (χ4v) is 1.64. The molecule has 0 saturated heterocycles. The van der Waals surface area contributed by atoms with Gasteiger partial charge < -0.3 is 5.73 Å². The van der Waals surface area contributed by atoms with E-state index < -0.39 is 0 Å². The number of nitrogens with two attached hydrogens (primary N) is 1. The first-order valence-corrected chi connectivity index (χ1v) is 4.86. The molecular weight excluding hydrogens is 214 g/mol. The highest BCUT2D eigenvalue weighted by Crippen LogP contribution is 2.14. The molecule has 0 radical (unpaired) electrons. The number of hydrogen-bond acceptors (Lipinski definition) is 4. The quantitative estimate of drug-likeness (QED) is 0.793. The number of aromatic nitrogens is 2. The molecule has 0 fully saturated rings. The van der Waals surface area contributed by atoms with E-state index in [0.717, 1.165) is 30.1 Å². The Morgan fingerprint density at radius 3 is 2.93 bits per heavy atom. The number of guanidine groups is 1. The van der Waals surface area contributed by atoms with Gasteiger partial charge in [-0.3, -0.25) is 5.43 Å². The SMILES string of the molecule is CCCc1nc(C)c2n1NC(N)=NC2.Cl. The first-order valence-electron chi connectivity index (χ1n) is 4.86. The maximum absolute atomic E-state index is 5.61. The summed E-state index contributed by atoms with van der Waals surface area (Å²) in [6.45, 7) is 4.77. The number of fused-ring (bicyclic) bond motifs is 1. The van der Waals surface area contributed by atoms with E-state index in [2.05, 4.69) is 22.3 Å². The molecule has 0 spiro atoms. The van der Waals surface area contributed by atoms with E-state index in [4.69, 9.17) is 5.73 Å². The monoisotopic (exact) mass is 229 g/mol. The summed E-state index contributed by atoms with van der Waals surface area (Å²) in [7, 11) is 0. The van der Waals surface area contributed by atoms with Gasteiger partial charge >= 0.3 is 0 Å². The molecule has 0 aromatic carbocycles. The normalized spacial score (nSPS) is 13.6. The molecule has 1 aliphatic rings. The summed E-state index contributed by atoms with van der Waals surface area (Å²) in [6, 6.07) is 0. The average molecular weight is 230 g/mol. The Balaban J connectivity index is 0.00000112. The molecule has 2 heterocycles. The van der Waals surface area contributed by atoms with Crippen molar-refractivity contribution >= 4 is 18.4 Å². The summed E-state index contributed by atoms with van der Waals surface area (Å²) in [6.07, 6.45) is 2.04. The highest BCUT2D eigenvalue weighted by molar-refractivity contribution is 5.86. The Hall–Kier alpha value is -1.23. The molecule has 0 atom stereocenters.